The Balaban J connectivity index is 1.89. The number of benzene rings is 1. The van der Waals surface area contributed by atoms with E-state index >= 15 is 0 Å². The second kappa shape index (κ2) is 9.80. The molecule has 1 fully saturated rings. The number of hydrogen-bond donors (Lipinski definition) is 1. The first-order valence-corrected chi connectivity index (χ1v) is 9.23. The maximum absolute atomic E-state index is 11.6. The zero-order valence-electron chi connectivity index (χ0n) is 15.7. The smallest absolute Gasteiger partial charge is 0.308 e. The number of hydrogen-bond acceptors (Lipinski definition) is 7. The summed E-state index contributed by atoms with van der Waals surface area (Å²) < 4.78 is 4.94. The Bertz CT molecular complexity index is 697. The predicted octanol–water partition coefficient (Wildman–Crippen LogP) is 2.17. The second-order valence-electron chi connectivity index (χ2n) is 6.79. The summed E-state index contributed by atoms with van der Waals surface area (Å²) in [6, 6.07) is 10.0. The van der Waals surface area contributed by atoms with E-state index < -0.39 is 5.60 Å². The van der Waals surface area contributed by atoms with Crippen LogP contribution in [-0.2, 0) is 16.1 Å². The van der Waals surface area contributed by atoms with Gasteiger partial charge in [-0.1, -0.05) is 12.1 Å². The van der Waals surface area contributed by atoms with Crippen molar-refractivity contribution in [1.82, 2.24) is 4.90 Å². The average Bonchev–Trinajstić information content (AvgIpc) is 2.66. The van der Waals surface area contributed by atoms with Crippen molar-refractivity contribution in [3.8, 4) is 12.3 Å². The Morgan fingerprint density at radius 3 is 2.52 bits per heavy atom. The summed E-state index contributed by atoms with van der Waals surface area (Å²) in [5, 5.41) is 28.3. The minimum absolute atomic E-state index is 0.0420. The molecule has 1 saturated heterocycles. The molecule has 1 heterocycles. The van der Waals surface area contributed by atoms with Gasteiger partial charge < -0.3 is 19.6 Å². The monoisotopic (exact) mass is 370 g/mol. The number of carbonyl (C=O) groups is 1. The lowest BCUT2D eigenvalue weighted by Gasteiger charge is -2.38. The number of aliphatic hydroxyl groups is 1. The fraction of sp³-hybridized carbons (Fsp3) is 0.550. The molecule has 0 aromatic heterocycles. The zero-order valence-corrected chi connectivity index (χ0v) is 15.7. The third-order valence-corrected chi connectivity index (χ3v) is 4.78. The van der Waals surface area contributed by atoms with E-state index in [9.17, 15) is 9.90 Å². The first-order chi connectivity index (χ1) is 13.0. The molecule has 2 rings (SSSR count). The standard InChI is InChI=1S/C20H26N4O3/c1-2-27-19(25)14-20(26)8-12-24(13-9-20)18-6-4-17(5-7-18)15-23(16-22)11-3-10-21/h4-7,26H,2-3,8-9,11-15H2,1H3. The fourth-order valence-electron chi connectivity index (χ4n) is 3.22. The summed E-state index contributed by atoms with van der Waals surface area (Å²) in [4.78, 5) is 15.4. The molecule has 0 atom stereocenters. The Morgan fingerprint density at radius 1 is 1.30 bits per heavy atom. The Hall–Kier alpha value is -2.77. The molecule has 1 aliphatic rings. The van der Waals surface area contributed by atoms with Gasteiger partial charge in [-0.15, -0.1) is 0 Å². The first kappa shape index (κ1) is 20.5. The summed E-state index contributed by atoms with van der Waals surface area (Å²) >= 11 is 0. The number of esters is 1. The SMILES string of the molecule is CCOC(=O)CC1(O)CCN(c2ccc(CN(C#N)CCC#N)cc2)CC1. The summed E-state index contributed by atoms with van der Waals surface area (Å²) in [6.45, 7) is 4.34. The van der Waals surface area contributed by atoms with Gasteiger partial charge in [-0.3, -0.25) is 4.79 Å². The molecule has 27 heavy (non-hydrogen) atoms. The molecular weight excluding hydrogens is 344 g/mol. The minimum Gasteiger partial charge on any atom is -0.466 e. The van der Waals surface area contributed by atoms with Crippen LogP contribution in [0, 0.1) is 22.8 Å². The van der Waals surface area contributed by atoms with E-state index in [1.165, 1.54) is 0 Å². The molecule has 1 N–H and O–H groups in total. The average molecular weight is 370 g/mol. The second-order valence-corrected chi connectivity index (χ2v) is 6.79. The summed E-state index contributed by atoms with van der Waals surface area (Å²) in [5.74, 6) is -0.351. The number of ether oxygens (including phenoxy) is 1. The number of carbonyl (C=O) groups excluding carboxylic acids is 1. The van der Waals surface area contributed by atoms with Crippen LogP contribution in [-0.4, -0.2) is 47.8 Å². The van der Waals surface area contributed by atoms with Crippen LogP contribution in [0.4, 0.5) is 5.69 Å². The Kier molecular flexibility index (Phi) is 7.45. The van der Waals surface area contributed by atoms with Crippen LogP contribution in [0.15, 0.2) is 24.3 Å². The van der Waals surface area contributed by atoms with Crippen molar-refractivity contribution in [3.63, 3.8) is 0 Å². The van der Waals surface area contributed by atoms with Crippen LogP contribution in [0.2, 0.25) is 0 Å². The van der Waals surface area contributed by atoms with Crippen LogP contribution in [0.3, 0.4) is 0 Å². The number of piperidine rings is 1. The summed E-state index contributed by atoms with van der Waals surface area (Å²) in [5.41, 5.74) is 1.07. The van der Waals surface area contributed by atoms with E-state index in [4.69, 9.17) is 15.3 Å². The van der Waals surface area contributed by atoms with Crippen molar-refractivity contribution in [1.29, 1.82) is 10.5 Å². The van der Waals surface area contributed by atoms with Crippen LogP contribution in [0.25, 0.3) is 0 Å². The number of nitrogens with zero attached hydrogens (tertiary/aromatic N) is 4. The lowest BCUT2D eigenvalue weighted by Crippen LogP contribution is -2.45. The molecule has 7 heteroatoms. The highest BCUT2D eigenvalue weighted by molar-refractivity contribution is 5.70. The summed E-state index contributed by atoms with van der Waals surface area (Å²) in [7, 11) is 0. The van der Waals surface area contributed by atoms with Gasteiger partial charge in [0.1, 0.15) is 0 Å². The van der Waals surface area contributed by atoms with Crippen LogP contribution < -0.4 is 4.90 Å². The summed E-state index contributed by atoms with van der Waals surface area (Å²) in [6.07, 6.45) is 3.51. The predicted molar refractivity (Wildman–Crippen MR) is 100 cm³/mol. The fourth-order valence-corrected chi connectivity index (χ4v) is 3.22. The van der Waals surface area contributed by atoms with Crippen molar-refractivity contribution in [2.75, 3.05) is 31.1 Å². The maximum atomic E-state index is 11.6. The zero-order chi connectivity index (χ0) is 19.7. The number of anilines is 1. The van der Waals surface area contributed by atoms with Gasteiger partial charge in [0.15, 0.2) is 6.19 Å². The van der Waals surface area contributed by atoms with Gasteiger partial charge in [-0.25, -0.2) is 0 Å². The van der Waals surface area contributed by atoms with E-state index in [0.717, 1.165) is 11.3 Å². The molecule has 0 radical (unpaired) electrons. The van der Waals surface area contributed by atoms with Gasteiger partial charge in [-0.05, 0) is 37.5 Å². The third kappa shape index (κ3) is 6.16. The van der Waals surface area contributed by atoms with Crippen LogP contribution in [0.1, 0.15) is 38.2 Å². The van der Waals surface area contributed by atoms with Gasteiger partial charge in [0.2, 0.25) is 0 Å². The van der Waals surface area contributed by atoms with E-state index in [-0.39, 0.29) is 12.4 Å². The minimum atomic E-state index is -0.989. The van der Waals surface area contributed by atoms with E-state index in [1.807, 2.05) is 30.3 Å². The van der Waals surface area contributed by atoms with Crippen LogP contribution in [0.5, 0.6) is 0 Å². The highest BCUT2D eigenvalue weighted by Crippen LogP contribution is 2.29. The van der Waals surface area contributed by atoms with Crippen molar-refractivity contribution in [3.05, 3.63) is 29.8 Å². The Labute approximate surface area is 160 Å². The molecule has 7 nitrogen and oxygen atoms in total. The molecule has 0 bridgehead atoms. The van der Waals surface area contributed by atoms with Crippen LogP contribution >= 0.6 is 0 Å². The van der Waals surface area contributed by atoms with Crippen molar-refractivity contribution >= 4 is 11.7 Å². The molecule has 1 aromatic rings. The van der Waals surface area contributed by atoms with Gasteiger partial charge in [0.05, 0.1) is 37.7 Å². The molecule has 1 aromatic carbocycles. The number of rotatable bonds is 8. The van der Waals surface area contributed by atoms with Crippen molar-refractivity contribution in [2.24, 2.45) is 0 Å². The molecule has 0 spiro atoms. The van der Waals surface area contributed by atoms with Crippen molar-refractivity contribution < 1.29 is 14.6 Å². The largest absolute Gasteiger partial charge is 0.466 e. The lowest BCUT2D eigenvalue weighted by atomic mass is 9.88. The third-order valence-electron chi connectivity index (χ3n) is 4.78. The molecule has 144 valence electrons. The highest BCUT2D eigenvalue weighted by atomic mass is 16.5. The van der Waals surface area contributed by atoms with Crippen molar-refractivity contribution in [2.45, 2.75) is 44.8 Å². The molecule has 0 saturated carbocycles. The van der Waals surface area contributed by atoms with E-state index in [0.29, 0.717) is 52.0 Å². The quantitative estimate of drug-likeness (QED) is 0.425. The normalized spacial score (nSPS) is 15.5. The molecule has 0 aliphatic carbocycles. The molecule has 1 aliphatic heterocycles. The Morgan fingerprint density at radius 2 is 1.96 bits per heavy atom. The molecule has 0 amide bonds. The van der Waals surface area contributed by atoms with E-state index in [1.54, 1.807) is 11.8 Å². The molecule has 0 unspecified atom stereocenters. The molecular formula is C20H26N4O3. The van der Waals surface area contributed by atoms with Gasteiger partial charge in [-0.2, -0.15) is 10.5 Å². The first-order valence-electron chi connectivity index (χ1n) is 9.23. The highest BCUT2D eigenvalue weighted by Gasteiger charge is 2.35. The van der Waals surface area contributed by atoms with Gasteiger partial charge in [0.25, 0.3) is 0 Å². The lowest BCUT2D eigenvalue weighted by molar-refractivity contribution is -0.149. The van der Waals surface area contributed by atoms with Gasteiger partial charge >= 0.3 is 5.97 Å². The maximum Gasteiger partial charge on any atom is 0.308 e. The van der Waals surface area contributed by atoms with Gasteiger partial charge in [0, 0.05) is 25.3 Å². The van der Waals surface area contributed by atoms with E-state index in [2.05, 4.69) is 11.1 Å². The topological polar surface area (TPSA) is 101 Å². The number of nitriles is 2.